The van der Waals surface area contributed by atoms with Crippen LogP contribution < -0.4 is 4.80 Å². The van der Waals surface area contributed by atoms with Crippen molar-refractivity contribution in [1.29, 1.82) is 0 Å². The maximum absolute atomic E-state index is 10.6. The van der Waals surface area contributed by atoms with Gasteiger partial charge in [-0.2, -0.15) is 0 Å². The number of para-hydroxylation sites is 1. The summed E-state index contributed by atoms with van der Waals surface area (Å²) in [5.41, 5.74) is 3.75. The van der Waals surface area contributed by atoms with Crippen LogP contribution in [0.3, 0.4) is 0 Å². The molecule has 1 aliphatic heterocycles. The summed E-state index contributed by atoms with van der Waals surface area (Å²) >= 11 is 7.48. The zero-order chi connectivity index (χ0) is 18.1. The van der Waals surface area contributed by atoms with Gasteiger partial charge in [-0.1, -0.05) is 47.2 Å². The van der Waals surface area contributed by atoms with E-state index in [1.807, 2.05) is 61.7 Å². The fourth-order valence-electron chi connectivity index (χ4n) is 2.84. The lowest BCUT2D eigenvalue weighted by Gasteiger charge is -2.01. The maximum Gasteiger partial charge on any atom is 0.211 e. The predicted molar refractivity (Wildman–Crippen MR) is 109 cm³/mol. The number of aliphatic imine (C=N–C) groups is 1. The summed E-state index contributed by atoms with van der Waals surface area (Å²) in [4.78, 5) is 10.5. The van der Waals surface area contributed by atoms with Gasteiger partial charge in [0.05, 0.1) is 16.3 Å². The number of fused-ring (bicyclic) bond motifs is 1. The van der Waals surface area contributed by atoms with Crippen LogP contribution in [0.4, 0.5) is 11.4 Å². The summed E-state index contributed by atoms with van der Waals surface area (Å²) in [6.07, 6.45) is 3.78. The van der Waals surface area contributed by atoms with Crippen molar-refractivity contribution in [3.63, 3.8) is 0 Å². The fourth-order valence-corrected chi connectivity index (χ4v) is 4.08. The van der Waals surface area contributed by atoms with Gasteiger partial charge in [-0.25, -0.2) is 4.99 Å². The Bertz CT molecular complexity index is 1110. The summed E-state index contributed by atoms with van der Waals surface area (Å²) in [7, 11) is 0. The summed E-state index contributed by atoms with van der Waals surface area (Å²) in [6, 6.07) is 15.3. The van der Waals surface area contributed by atoms with E-state index in [0.29, 0.717) is 11.6 Å². The molecule has 26 heavy (non-hydrogen) atoms. The lowest BCUT2D eigenvalue weighted by Crippen LogP contribution is -2.12. The average molecular weight is 382 g/mol. The summed E-state index contributed by atoms with van der Waals surface area (Å²) < 4.78 is 1.79. The van der Waals surface area contributed by atoms with Gasteiger partial charge in [0.2, 0.25) is 5.88 Å². The Hall–Kier alpha value is -2.63. The monoisotopic (exact) mass is 381 g/mol. The maximum atomic E-state index is 10.6. The van der Waals surface area contributed by atoms with Gasteiger partial charge in [0.25, 0.3) is 0 Å². The molecule has 0 unspecified atom stereocenters. The third-order valence-corrected chi connectivity index (χ3v) is 5.35. The van der Waals surface area contributed by atoms with E-state index >= 15 is 0 Å². The Morgan fingerprint density at radius 1 is 1.23 bits per heavy atom. The van der Waals surface area contributed by atoms with Crippen molar-refractivity contribution in [3.8, 4) is 5.88 Å². The molecule has 2 aromatic carbocycles. The molecule has 6 heteroatoms. The highest BCUT2D eigenvalue weighted by Crippen LogP contribution is 2.34. The van der Waals surface area contributed by atoms with Crippen LogP contribution >= 0.6 is 22.9 Å². The highest BCUT2D eigenvalue weighted by Gasteiger charge is 2.15. The smallest absolute Gasteiger partial charge is 0.211 e. The number of thiazole rings is 1. The largest absolute Gasteiger partial charge is 0.493 e. The molecule has 0 saturated heterocycles. The number of aromatic nitrogens is 1. The van der Waals surface area contributed by atoms with Crippen LogP contribution in [-0.2, 0) is 6.54 Å². The molecule has 1 N–H and O–H groups in total. The fraction of sp³-hybridized carbons (Fsp3) is 0.100. The first kappa shape index (κ1) is 16.8. The van der Waals surface area contributed by atoms with Gasteiger partial charge in [-0.05, 0) is 37.3 Å². The zero-order valence-electron chi connectivity index (χ0n) is 14.1. The molecular weight excluding hydrogens is 366 g/mol. The molecule has 1 aliphatic rings. The standard InChI is InChI=1S/C20H16ClN3OS/c1-2-24-19(25)18(10-13-12-22-17-9-4-3-8-16(13)17)26-20(24)23-15-7-5-6-14(21)11-15/h3-12,25H,2H2,1H3/b13-10+,23-20?. The number of hydrogen-bond donors (Lipinski definition) is 1. The van der Waals surface area contributed by atoms with E-state index in [2.05, 4.69) is 9.98 Å². The first-order valence-corrected chi connectivity index (χ1v) is 9.43. The molecule has 0 fully saturated rings. The van der Waals surface area contributed by atoms with Crippen LogP contribution in [0.25, 0.3) is 11.6 Å². The van der Waals surface area contributed by atoms with E-state index < -0.39 is 0 Å². The number of rotatable bonds is 3. The molecule has 2 heterocycles. The van der Waals surface area contributed by atoms with Crippen molar-refractivity contribution in [2.75, 3.05) is 0 Å². The number of hydrogen-bond acceptors (Lipinski definition) is 4. The number of allylic oxidation sites excluding steroid dienone is 1. The van der Waals surface area contributed by atoms with Gasteiger partial charge >= 0.3 is 0 Å². The molecule has 4 rings (SSSR count). The van der Waals surface area contributed by atoms with Gasteiger partial charge in [0.1, 0.15) is 0 Å². The Kier molecular flexibility index (Phi) is 4.49. The summed E-state index contributed by atoms with van der Waals surface area (Å²) in [5, 5.41) is 11.3. The van der Waals surface area contributed by atoms with Crippen LogP contribution in [0, 0.1) is 0 Å². The van der Waals surface area contributed by atoms with Crippen molar-refractivity contribution < 1.29 is 5.11 Å². The second-order valence-electron chi connectivity index (χ2n) is 5.78. The topological polar surface area (TPSA) is 49.9 Å². The quantitative estimate of drug-likeness (QED) is 0.647. The lowest BCUT2D eigenvalue weighted by molar-refractivity contribution is 0.416. The molecule has 1 aromatic heterocycles. The van der Waals surface area contributed by atoms with Gasteiger partial charge in [-0.3, -0.25) is 9.56 Å². The minimum Gasteiger partial charge on any atom is -0.493 e. The van der Waals surface area contributed by atoms with Gasteiger partial charge in [0.15, 0.2) is 4.80 Å². The third kappa shape index (κ3) is 3.11. The number of aromatic hydroxyl groups is 1. The van der Waals surface area contributed by atoms with Crippen LogP contribution in [0.5, 0.6) is 5.88 Å². The predicted octanol–water partition coefficient (Wildman–Crippen LogP) is 5.42. The molecular formula is C20H16ClN3OS. The summed E-state index contributed by atoms with van der Waals surface area (Å²) in [5.74, 6) is 0.212. The highest BCUT2D eigenvalue weighted by atomic mass is 35.5. The van der Waals surface area contributed by atoms with E-state index in [0.717, 1.165) is 32.2 Å². The normalized spacial score (nSPS) is 15.0. The van der Waals surface area contributed by atoms with Crippen LogP contribution in [0.2, 0.25) is 5.02 Å². The summed E-state index contributed by atoms with van der Waals surface area (Å²) in [6.45, 7) is 2.60. The van der Waals surface area contributed by atoms with Gasteiger partial charge in [-0.15, -0.1) is 0 Å². The highest BCUT2D eigenvalue weighted by molar-refractivity contribution is 7.10. The number of halogens is 1. The van der Waals surface area contributed by atoms with Crippen molar-refractivity contribution in [3.05, 3.63) is 68.8 Å². The van der Waals surface area contributed by atoms with E-state index in [1.165, 1.54) is 11.3 Å². The minimum absolute atomic E-state index is 0.212. The third-order valence-electron chi connectivity index (χ3n) is 4.10. The number of nitrogens with zero attached hydrogens (tertiary/aromatic N) is 3. The molecule has 0 amide bonds. The first-order chi connectivity index (χ1) is 12.7. The van der Waals surface area contributed by atoms with Crippen LogP contribution in [0.1, 0.15) is 17.4 Å². The average Bonchev–Trinajstić information content (AvgIpc) is 3.17. The molecule has 0 spiro atoms. The van der Waals surface area contributed by atoms with Crippen molar-refractivity contribution in [1.82, 2.24) is 4.57 Å². The van der Waals surface area contributed by atoms with Crippen molar-refractivity contribution in [2.24, 2.45) is 9.98 Å². The minimum atomic E-state index is 0.212. The molecule has 130 valence electrons. The Morgan fingerprint density at radius 2 is 2.08 bits per heavy atom. The number of benzene rings is 2. The molecule has 0 bridgehead atoms. The van der Waals surface area contributed by atoms with E-state index in [9.17, 15) is 5.11 Å². The second kappa shape index (κ2) is 6.94. The molecule has 0 aliphatic carbocycles. The lowest BCUT2D eigenvalue weighted by atomic mass is 10.1. The van der Waals surface area contributed by atoms with Crippen molar-refractivity contribution >= 4 is 52.2 Å². The van der Waals surface area contributed by atoms with E-state index in [-0.39, 0.29) is 5.88 Å². The SMILES string of the molecule is CCn1c(O)c(/C=C2\C=Nc3ccccc32)sc1=Nc1cccc(Cl)c1. The molecule has 3 aromatic rings. The Balaban J connectivity index is 1.81. The molecule has 0 saturated carbocycles. The van der Waals surface area contributed by atoms with Gasteiger partial charge in [0, 0.05) is 28.9 Å². The Labute approximate surface area is 160 Å². The van der Waals surface area contributed by atoms with Crippen molar-refractivity contribution in [2.45, 2.75) is 13.5 Å². The van der Waals surface area contributed by atoms with Crippen LogP contribution in [-0.4, -0.2) is 15.9 Å². The van der Waals surface area contributed by atoms with Crippen LogP contribution in [0.15, 0.2) is 58.5 Å². The Morgan fingerprint density at radius 3 is 2.88 bits per heavy atom. The van der Waals surface area contributed by atoms with E-state index in [1.54, 1.807) is 10.6 Å². The second-order valence-corrected chi connectivity index (χ2v) is 7.23. The zero-order valence-corrected chi connectivity index (χ0v) is 15.6. The van der Waals surface area contributed by atoms with Gasteiger partial charge < -0.3 is 5.11 Å². The first-order valence-electron chi connectivity index (χ1n) is 8.24. The molecule has 4 nitrogen and oxygen atoms in total. The molecule has 0 radical (unpaired) electrons. The molecule has 0 atom stereocenters. The van der Waals surface area contributed by atoms with E-state index in [4.69, 9.17) is 11.6 Å².